The molecule has 0 radical (unpaired) electrons. The lowest BCUT2D eigenvalue weighted by molar-refractivity contribution is 0.0879. The number of nitrogens with one attached hydrogen (secondary N) is 1. The van der Waals surface area contributed by atoms with Gasteiger partial charge in [0.1, 0.15) is 5.69 Å². The minimum atomic E-state index is -0.294. The predicted octanol–water partition coefficient (Wildman–Crippen LogP) is -0.774. The molecule has 62 valence electrons. The number of amides is 1. The van der Waals surface area contributed by atoms with E-state index in [9.17, 15) is 9.59 Å². The van der Waals surface area contributed by atoms with Gasteiger partial charge in [0.05, 0.1) is 0 Å². The van der Waals surface area contributed by atoms with Crippen LogP contribution in [0.2, 0.25) is 0 Å². The van der Waals surface area contributed by atoms with Crippen molar-refractivity contribution in [2.45, 2.75) is 0 Å². The van der Waals surface area contributed by atoms with E-state index in [1.807, 2.05) is 0 Å². The van der Waals surface area contributed by atoms with Crippen LogP contribution in [0.25, 0.3) is 0 Å². The second kappa shape index (κ2) is 2.44. The van der Waals surface area contributed by atoms with Gasteiger partial charge in [-0.25, -0.2) is 5.10 Å². The normalized spacial score (nSPS) is 14.5. The molecular weight excluding hydrogens is 158 g/mol. The lowest BCUT2D eigenvalue weighted by Gasteiger charge is -1.97. The number of carbonyl (C=O) groups excluding carboxylic acids is 1. The fraction of sp³-hybridized carbons (Fsp3) is 0.286. The maximum absolute atomic E-state index is 11.3. The highest BCUT2D eigenvalue weighted by atomic mass is 16.2. The molecule has 0 aromatic carbocycles. The molecule has 0 aliphatic carbocycles. The molecule has 0 unspecified atom stereocenters. The molecular formula is C7H7N3O2. The predicted molar refractivity (Wildman–Crippen MR) is 40.8 cm³/mol. The van der Waals surface area contributed by atoms with E-state index in [0.717, 1.165) is 13.1 Å². The van der Waals surface area contributed by atoms with Crippen LogP contribution in [-0.2, 0) is 0 Å². The van der Waals surface area contributed by atoms with E-state index in [-0.39, 0.29) is 11.5 Å². The minimum absolute atomic E-state index is 0.119. The first-order chi connectivity index (χ1) is 5.77. The maximum Gasteiger partial charge on any atom is 0.274 e. The van der Waals surface area contributed by atoms with E-state index in [4.69, 9.17) is 0 Å². The molecule has 0 saturated carbocycles. The highest BCUT2D eigenvalue weighted by molar-refractivity contribution is 5.93. The van der Waals surface area contributed by atoms with E-state index < -0.39 is 0 Å². The fourth-order valence-corrected chi connectivity index (χ4v) is 0.879. The Morgan fingerprint density at radius 1 is 1.50 bits per heavy atom. The van der Waals surface area contributed by atoms with Crippen molar-refractivity contribution in [3.05, 3.63) is 28.2 Å². The number of aromatic amines is 1. The van der Waals surface area contributed by atoms with Crippen LogP contribution >= 0.6 is 0 Å². The molecule has 1 fully saturated rings. The first-order valence-corrected chi connectivity index (χ1v) is 3.62. The summed E-state index contributed by atoms with van der Waals surface area (Å²) in [6.07, 6.45) is 0. The summed E-state index contributed by atoms with van der Waals surface area (Å²) in [5, 5.41) is 5.82. The molecule has 5 nitrogen and oxygen atoms in total. The SMILES string of the molecule is O=C(c1ccc(=O)[nH]n1)N1CC1. The van der Waals surface area contributed by atoms with Gasteiger partial charge in [0.15, 0.2) is 0 Å². The summed E-state index contributed by atoms with van der Waals surface area (Å²) in [4.78, 5) is 23.5. The Kier molecular flexibility index (Phi) is 1.43. The summed E-state index contributed by atoms with van der Waals surface area (Å²) in [5.41, 5.74) is 0.00412. The molecule has 1 aromatic heterocycles. The third kappa shape index (κ3) is 1.20. The molecule has 5 heteroatoms. The molecule has 0 bridgehead atoms. The molecule has 2 rings (SSSR count). The van der Waals surface area contributed by atoms with E-state index >= 15 is 0 Å². The van der Waals surface area contributed by atoms with Crippen LogP contribution in [0.1, 0.15) is 10.5 Å². The Labute approximate surface area is 68.0 Å². The van der Waals surface area contributed by atoms with Gasteiger partial charge in [-0.15, -0.1) is 0 Å². The minimum Gasteiger partial charge on any atom is -0.334 e. The van der Waals surface area contributed by atoms with Crippen LogP contribution in [0, 0.1) is 0 Å². The molecule has 12 heavy (non-hydrogen) atoms. The smallest absolute Gasteiger partial charge is 0.274 e. The number of hydrogen-bond acceptors (Lipinski definition) is 3. The van der Waals surface area contributed by atoms with Crippen LogP contribution < -0.4 is 5.56 Å². The van der Waals surface area contributed by atoms with Crippen molar-refractivity contribution in [2.75, 3.05) is 13.1 Å². The Bertz CT molecular complexity index is 347. The van der Waals surface area contributed by atoms with Gasteiger partial charge in [-0.3, -0.25) is 9.59 Å². The zero-order valence-corrected chi connectivity index (χ0v) is 6.28. The van der Waals surface area contributed by atoms with Crippen LogP contribution in [0.3, 0.4) is 0 Å². The van der Waals surface area contributed by atoms with Gasteiger partial charge in [0.2, 0.25) is 0 Å². The van der Waals surface area contributed by atoms with Gasteiger partial charge in [0.25, 0.3) is 11.5 Å². The average molecular weight is 165 g/mol. The van der Waals surface area contributed by atoms with Crippen LogP contribution in [-0.4, -0.2) is 34.1 Å². The summed E-state index contributed by atoms with van der Waals surface area (Å²) < 4.78 is 0. The Hall–Kier alpha value is -1.65. The lowest BCUT2D eigenvalue weighted by atomic mass is 10.4. The quantitative estimate of drug-likeness (QED) is 0.555. The number of H-pyrrole nitrogens is 1. The van der Waals surface area contributed by atoms with Crippen molar-refractivity contribution in [1.29, 1.82) is 0 Å². The van der Waals surface area contributed by atoms with E-state index in [0.29, 0.717) is 5.69 Å². The number of hydrogen-bond donors (Lipinski definition) is 1. The highest BCUT2D eigenvalue weighted by Gasteiger charge is 2.26. The molecule has 1 amide bonds. The lowest BCUT2D eigenvalue weighted by Crippen LogP contribution is -2.16. The second-order valence-corrected chi connectivity index (χ2v) is 2.60. The molecule has 1 aliphatic heterocycles. The van der Waals surface area contributed by atoms with Crippen molar-refractivity contribution in [3.63, 3.8) is 0 Å². The monoisotopic (exact) mass is 165 g/mol. The van der Waals surface area contributed by atoms with Gasteiger partial charge >= 0.3 is 0 Å². The molecule has 0 spiro atoms. The summed E-state index contributed by atoms with van der Waals surface area (Å²) in [6.45, 7) is 1.58. The molecule has 1 aromatic rings. The van der Waals surface area contributed by atoms with Gasteiger partial charge < -0.3 is 4.90 Å². The van der Waals surface area contributed by atoms with Crippen molar-refractivity contribution in [2.24, 2.45) is 0 Å². The third-order valence-corrected chi connectivity index (χ3v) is 1.63. The zero-order chi connectivity index (χ0) is 8.55. The van der Waals surface area contributed by atoms with Crippen molar-refractivity contribution in [3.8, 4) is 0 Å². The summed E-state index contributed by atoms with van der Waals surface area (Å²) in [5.74, 6) is -0.119. The van der Waals surface area contributed by atoms with Gasteiger partial charge in [0, 0.05) is 19.2 Å². The number of rotatable bonds is 1. The van der Waals surface area contributed by atoms with Crippen molar-refractivity contribution in [1.82, 2.24) is 15.1 Å². The van der Waals surface area contributed by atoms with Crippen LogP contribution in [0.4, 0.5) is 0 Å². The van der Waals surface area contributed by atoms with Gasteiger partial charge in [-0.1, -0.05) is 0 Å². The Morgan fingerprint density at radius 3 is 2.75 bits per heavy atom. The summed E-state index contributed by atoms with van der Waals surface area (Å²) in [6, 6.07) is 2.73. The van der Waals surface area contributed by atoms with Crippen molar-refractivity contribution >= 4 is 5.91 Å². The van der Waals surface area contributed by atoms with E-state index in [1.165, 1.54) is 12.1 Å². The topological polar surface area (TPSA) is 65.8 Å². The fourth-order valence-electron chi connectivity index (χ4n) is 0.879. The molecule has 1 saturated heterocycles. The summed E-state index contributed by atoms with van der Waals surface area (Å²) in [7, 11) is 0. The maximum atomic E-state index is 11.3. The van der Waals surface area contributed by atoms with Crippen LogP contribution in [0.5, 0.6) is 0 Å². The molecule has 1 aliphatic rings. The molecule has 2 heterocycles. The summed E-state index contributed by atoms with van der Waals surface area (Å²) >= 11 is 0. The zero-order valence-electron chi connectivity index (χ0n) is 6.28. The van der Waals surface area contributed by atoms with Crippen LogP contribution in [0.15, 0.2) is 16.9 Å². The second-order valence-electron chi connectivity index (χ2n) is 2.60. The van der Waals surface area contributed by atoms with Gasteiger partial charge in [-0.2, -0.15) is 5.10 Å². The first kappa shape index (κ1) is 7.02. The third-order valence-electron chi connectivity index (χ3n) is 1.63. The van der Waals surface area contributed by atoms with E-state index in [1.54, 1.807) is 4.90 Å². The van der Waals surface area contributed by atoms with E-state index in [2.05, 4.69) is 10.2 Å². The number of aromatic nitrogens is 2. The van der Waals surface area contributed by atoms with Gasteiger partial charge in [-0.05, 0) is 6.07 Å². The molecule has 1 N–H and O–H groups in total. The molecule has 0 atom stereocenters. The first-order valence-electron chi connectivity index (χ1n) is 3.62. The van der Waals surface area contributed by atoms with Crippen molar-refractivity contribution < 1.29 is 4.79 Å². The standard InChI is InChI=1S/C7H7N3O2/c11-6-2-1-5(8-9-6)7(12)10-3-4-10/h1-2H,3-4H2,(H,9,11). The largest absolute Gasteiger partial charge is 0.334 e. The number of nitrogens with zero attached hydrogens (tertiary/aromatic N) is 2. The highest BCUT2D eigenvalue weighted by Crippen LogP contribution is 2.07. The number of carbonyl (C=O) groups is 1. The Balaban J connectivity index is 2.27. The average Bonchev–Trinajstić information content (AvgIpc) is 2.87. The Morgan fingerprint density at radius 2 is 2.25 bits per heavy atom.